The molecule has 0 fully saturated rings. The van der Waals surface area contributed by atoms with Gasteiger partial charge < -0.3 is 0 Å². The minimum Gasteiger partial charge on any atom is -0.122 e. The minimum atomic E-state index is 0.594. The molecule has 0 saturated carbocycles. The molecule has 0 aliphatic carbocycles. The maximum absolute atomic E-state index is 5.85. The van der Waals surface area contributed by atoms with Crippen molar-refractivity contribution in [1.29, 1.82) is 0 Å². The van der Waals surface area contributed by atoms with Crippen molar-refractivity contribution in [3.63, 3.8) is 0 Å². The molecule has 1 rings (SSSR count). The lowest BCUT2D eigenvalue weighted by Gasteiger charge is -2.08. The van der Waals surface area contributed by atoms with Crippen LogP contribution in [0, 0.1) is 0 Å². The second-order valence-corrected chi connectivity index (χ2v) is 4.72. The fraction of sp³-hybridized carbons (Fsp3) is 0.400. The lowest BCUT2D eigenvalue weighted by molar-refractivity contribution is 0.921. The quantitative estimate of drug-likeness (QED) is 0.714. The summed E-state index contributed by atoms with van der Waals surface area (Å²) in [6, 6.07) is 6.18. The van der Waals surface area contributed by atoms with Crippen molar-refractivity contribution in [2.24, 2.45) is 0 Å². The Labute approximate surface area is 101 Å². The van der Waals surface area contributed by atoms with E-state index in [9.17, 15) is 0 Å². The van der Waals surface area contributed by atoms with Crippen molar-refractivity contribution in [2.75, 3.05) is 5.33 Å². The van der Waals surface area contributed by atoms with Crippen molar-refractivity contribution in [3.8, 4) is 0 Å². The predicted octanol–water partition coefficient (Wildman–Crippen LogP) is 4.52. The van der Waals surface area contributed by atoms with Gasteiger partial charge in [0, 0.05) is 15.7 Å². The zero-order chi connectivity index (χ0) is 9.68. The largest absolute Gasteiger partial charge is 0.122 e. The first-order chi connectivity index (χ1) is 6.29. The molecular formula is C10H11Br2Cl. The standard InChI is InChI=1S/C10H11Br2Cl/c11-6-2-4-9-8(7-13)3-1-5-10(9)12/h1,3,5H,2,4,6-7H2. The van der Waals surface area contributed by atoms with Crippen LogP contribution in [0.15, 0.2) is 22.7 Å². The number of rotatable bonds is 4. The summed E-state index contributed by atoms with van der Waals surface area (Å²) in [5.74, 6) is 0.594. The third kappa shape index (κ3) is 3.26. The summed E-state index contributed by atoms with van der Waals surface area (Å²) >= 11 is 12.8. The number of hydrogen-bond donors (Lipinski definition) is 0. The average molecular weight is 326 g/mol. The molecule has 0 bridgehead atoms. The molecule has 0 heterocycles. The summed E-state index contributed by atoms with van der Waals surface area (Å²) in [6.45, 7) is 0. The summed E-state index contributed by atoms with van der Waals surface area (Å²) in [4.78, 5) is 0. The van der Waals surface area contributed by atoms with Crippen molar-refractivity contribution in [1.82, 2.24) is 0 Å². The number of alkyl halides is 2. The van der Waals surface area contributed by atoms with Gasteiger partial charge in [-0.25, -0.2) is 0 Å². The van der Waals surface area contributed by atoms with Crippen molar-refractivity contribution >= 4 is 43.5 Å². The Morgan fingerprint density at radius 2 is 2.08 bits per heavy atom. The molecule has 0 N–H and O–H groups in total. The molecule has 0 saturated heterocycles. The summed E-state index contributed by atoms with van der Waals surface area (Å²) in [6.07, 6.45) is 2.22. The lowest BCUT2D eigenvalue weighted by Crippen LogP contribution is -1.94. The summed E-state index contributed by atoms with van der Waals surface area (Å²) in [7, 11) is 0. The van der Waals surface area contributed by atoms with Gasteiger partial charge in [0.1, 0.15) is 0 Å². The van der Waals surface area contributed by atoms with Crippen LogP contribution < -0.4 is 0 Å². The van der Waals surface area contributed by atoms with E-state index < -0.39 is 0 Å². The Morgan fingerprint density at radius 1 is 1.31 bits per heavy atom. The van der Waals surface area contributed by atoms with Crippen molar-refractivity contribution in [2.45, 2.75) is 18.7 Å². The van der Waals surface area contributed by atoms with E-state index in [0.29, 0.717) is 5.88 Å². The van der Waals surface area contributed by atoms with E-state index in [0.717, 1.165) is 18.2 Å². The number of benzene rings is 1. The second kappa shape index (κ2) is 6.05. The van der Waals surface area contributed by atoms with Gasteiger partial charge in [0.25, 0.3) is 0 Å². The molecule has 3 heteroatoms. The normalized spacial score (nSPS) is 10.4. The van der Waals surface area contributed by atoms with Crippen LogP contribution in [-0.2, 0) is 12.3 Å². The van der Waals surface area contributed by atoms with Gasteiger partial charge in [0.2, 0.25) is 0 Å². The van der Waals surface area contributed by atoms with Crippen LogP contribution in [0.1, 0.15) is 17.5 Å². The maximum Gasteiger partial charge on any atom is 0.0477 e. The topological polar surface area (TPSA) is 0 Å². The van der Waals surface area contributed by atoms with Gasteiger partial charge in [-0.3, -0.25) is 0 Å². The molecule has 0 aliphatic rings. The Balaban J connectivity index is 2.87. The van der Waals surface area contributed by atoms with E-state index in [1.165, 1.54) is 15.6 Å². The van der Waals surface area contributed by atoms with Gasteiger partial charge in [-0.2, -0.15) is 0 Å². The molecule has 0 aromatic heterocycles. The van der Waals surface area contributed by atoms with Crippen molar-refractivity contribution < 1.29 is 0 Å². The van der Waals surface area contributed by atoms with Crippen molar-refractivity contribution in [3.05, 3.63) is 33.8 Å². The molecule has 0 nitrogen and oxygen atoms in total. The Kier molecular flexibility index (Phi) is 5.37. The van der Waals surface area contributed by atoms with E-state index in [-0.39, 0.29) is 0 Å². The zero-order valence-corrected chi connectivity index (χ0v) is 11.1. The van der Waals surface area contributed by atoms with Gasteiger partial charge in [0.15, 0.2) is 0 Å². The van der Waals surface area contributed by atoms with Gasteiger partial charge in [-0.15, -0.1) is 11.6 Å². The maximum atomic E-state index is 5.85. The van der Waals surface area contributed by atoms with Crippen LogP contribution in [0.5, 0.6) is 0 Å². The average Bonchev–Trinajstić information content (AvgIpc) is 2.15. The highest BCUT2D eigenvalue weighted by molar-refractivity contribution is 9.10. The van der Waals surface area contributed by atoms with Crippen LogP contribution in [0.3, 0.4) is 0 Å². The first kappa shape index (κ1) is 11.5. The molecule has 0 aliphatic heterocycles. The van der Waals surface area contributed by atoms with E-state index in [1.54, 1.807) is 0 Å². The molecular weight excluding hydrogens is 315 g/mol. The fourth-order valence-corrected chi connectivity index (χ4v) is 2.39. The molecule has 72 valence electrons. The molecule has 0 unspecified atom stereocenters. The molecule has 0 amide bonds. The Hall–Kier alpha value is 0.470. The molecule has 13 heavy (non-hydrogen) atoms. The second-order valence-electron chi connectivity index (χ2n) is 2.80. The monoisotopic (exact) mass is 324 g/mol. The highest BCUT2D eigenvalue weighted by atomic mass is 79.9. The van der Waals surface area contributed by atoms with Crippen LogP contribution in [0.25, 0.3) is 0 Å². The van der Waals surface area contributed by atoms with Crippen LogP contribution >= 0.6 is 43.5 Å². The van der Waals surface area contributed by atoms with Crippen LogP contribution in [0.4, 0.5) is 0 Å². The first-order valence-electron chi connectivity index (χ1n) is 4.17. The first-order valence-corrected chi connectivity index (χ1v) is 6.62. The number of halogens is 3. The molecule has 0 radical (unpaired) electrons. The number of hydrogen-bond acceptors (Lipinski definition) is 0. The van der Waals surface area contributed by atoms with E-state index in [2.05, 4.69) is 44.0 Å². The minimum absolute atomic E-state index is 0.594. The highest BCUT2D eigenvalue weighted by Gasteiger charge is 2.04. The summed E-state index contributed by atoms with van der Waals surface area (Å²) < 4.78 is 1.17. The van der Waals surface area contributed by atoms with Gasteiger partial charge >= 0.3 is 0 Å². The third-order valence-electron chi connectivity index (χ3n) is 1.92. The van der Waals surface area contributed by atoms with Gasteiger partial charge in [-0.1, -0.05) is 44.0 Å². The van der Waals surface area contributed by atoms with Crippen LogP contribution in [-0.4, -0.2) is 5.33 Å². The SMILES string of the molecule is ClCc1cccc(Br)c1CCCBr. The molecule has 1 aromatic rings. The smallest absolute Gasteiger partial charge is 0.0477 e. The zero-order valence-electron chi connectivity index (χ0n) is 7.19. The third-order valence-corrected chi connectivity index (χ3v) is 3.51. The van der Waals surface area contributed by atoms with E-state index in [1.807, 2.05) is 6.07 Å². The van der Waals surface area contributed by atoms with Gasteiger partial charge in [0.05, 0.1) is 0 Å². The summed E-state index contributed by atoms with van der Waals surface area (Å²) in [5, 5.41) is 1.04. The van der Waals surface area contributed by atoms with E-state index >= 15 is 0 Å². The highest BCUT2D eigenvalue weighted by Crippen LogP contribution is 2.23. The van der Waals surface area contributed by atoms with Gasteiger partial charge in [-0.05, 0) is 30.0 Å². The lowest BCUT2D eigenvalue weighted by atomic mass is 10.0. The van der Waals surface area contributed by atoms with E-state index in [4.69, 9.17) is 11.6 Å². The van der Waals surface area contributed by atoms with Crippen LogP contribution in [0.2, 0.25) is 0 Å². The molecule has 0 spiro atoms. The Bertz CT molecular complexity index is 274. The molecule has 0 atom stereocenters. The fourth-order valence-electron chi connectivity index (χ4n) is 1.25. The Morgan fingerprint density at radius 3 is 2.69 bits per heavy atom. The summed E-state index contributed by atoms with van der Waals surface area (Å²) in [5.41, 5.74) is 2.58. The molecule has 1 aromatic carbocycles. The predicted molar refractivity (Wildman–Crippen MR) is 65.8 cm³/mol.